The summed E-state index contributed by atoms with van der Waals surface area (Å²) in [7, 11) is -2.08. The minimum absolute atomic E-state index is 0.0215. The zero-order valence-corrected chi connectivity index (χ0v) is 14.1. The molecule has 2 aromatic rings. The van der Waals surface area contributed by atoms with Crippen molar-refractivity contribution >= 4 is 10.0 Å². The predicted octanol–water partition coefficient (Wildman–Crippen LogP) is 2.51. The Labute approximate surface area is 141 Å². The van der Waals surface area contributed by atoms with E-state index >= 15 is 0 Å². The van der Waals surface area contributed by atoms with Crippen LogP contribution in [0.2, 0.25) is 0 Å². The molecule has 130 valence electrons. The SMILES string of the molecule is COC(CNS(=O)(=O)CCOc1ccccc1)c1cccc(F)c1. The number of rotatable bonds is 9. The summed E-state index contributed by atoms with van der Waals surface area (Å²) in [5, 5.41) is 0. The normalized spacial score (nSPS) is 12.8. The van der Waals surface area contributed by atoms with Gasteiger partial charge in [0.05, 0.1) is 11.9 Å². The van der Waals surface area contributed by atoms with Crippen LogP contribution in [0.3, 0.4) is 0 Å². The second-order valence-electron chi connectivity index (χ2n) is 5.11. The second-order valence-corrected chi connectivity index (χ2v) is 7.03. The smallest absolute Gasteiger partial charge is 0.215 e. The lowest BCUT2D eigenvalue weighted by Crippen LogP contribution is -2.33. The van der Waals surface area contributed by atoms with Gasteiger partial charge in [-0.2, -0.15) is 0 Å². The fourth-order valence-electron chi connectivity index (χ4n) is 2.10. The van der Waals surface area contributed by atoms with Gasteiger partial charge < -0.3 is 9.47 Å². The van der Waals surface area contributed by atoms with Gasteiger partial charge in [0.25, 0.3) is 0 Å². The van der Waals surface area contributed by atoms with E-state index in [1.54, 1.807) is 24.3 Å². The molecule has 0 radical (unpaired) electrons. The standard InChI is InChI=1S/C17H20FNO4S/c1-22-17(14-6-5-7-15(18)12-14)13-19-24(20,21)11-10-23-16-8-3-2-4-9-16/h2-9,12,17,19H,10-11,13H2,1H3. The Morgan fingerprint density at radius 2 is 1.88 bits per heavy atom. The van der Waals surface area contributed by atoms with E-state index in [4.69, 9.17) is 9.47 Å². The summed E-state index contributed by atoms with van der Waals surface area (Å²) in [5.74, 6) is 0.0393. The third-order valence-electron chi connectivity index (χ3n) is 3.36. The minimum Gasteiger partial charge on any atom is -0.492 e. The molecule has 0 heterocycles. The van der Waals surface area contributed by atoms with E-state index in [-0.39, 0.29) is 18.9 Å². The van der Waals surface area contributed by atoms with Gasteiger partial charge in [-0.3, -0.25) is 0 Å². The van der Waals surface area contributed by atoms with Gasteiger partial charge in [-0.15, -0.1) is 0 Å². The molecule has 1 atom stereocenters. The molecule has 0 amide bonds. The van der Waals surface area contributed by atoms with Crippen LogP contribution in [0.4, 0.5) is 4.39 Å². The molecule has 1 unspecified atom stereocenters. The van der Waals surface area contributed by atoms with Gasteiger partial charge in [-0.1, -0.05) is 30.3 Å². The first-order valence-corrected chi connectivity index (χ1v) is 9.09. The summed E-state index contributed by atoms with van der Waals surface area (Å²) in [6, 6.07) is 14.9. The number of ether oxygens (including phenoxy) is 2. The summed E-state index contributed by atoms with van der Waals surface area (Å²) in [6.45, 7) is 0.0601. The van der Waals surface area contributed by atoms with Crippen molar-refractivity contribution in [1.29, 1.82) is 0 Å². The van der Waals surface area contributed by atoms with E-state index in [9.17, 15) is 12.8 Å². The highest BCUT2D eigenvalue weighted by molar-refractivity contribution is 7.89. The van der Waals surface area contributed by atoms with Crippen molar-refractivity contribution in [2.45, 2.75) is 6.10 Å². The zero-order chi connectivity index (χ0) is 17.4. The molecule has 0 bridgehead atoms. The molecule has 5 nitrogen and oxygen atoms in total. The Morgan fingerprint density at radius 3 is 2.54 bits per heavy atom. The zero-order valence-electron chi connectivity index (χ0n) is 13.3. The molecular weight excluding hydrogens is 333 g/mol. The number of halogens is 1. The average molecular weight is 353 g/mol. The van der Waals surface area contributed by atoms with Gasteiger partial charge in [-0.25, -0.2) is 17.5 Å². The van der Waals surface area contributed by atoms with Gasteiger partial charge in [0.15, 0.2) is 0 Å². The van der Waals surface area contributed by atoms with Gasteiger partial charge in [-0.05, 0) is 29.8 Å². The van der Waals surface area contributed by atoms with E-state index in [0.29, 0.717) is 11.3 Å². The number of hydrogen-bond acceptors (Lipinski definition) is 4. The highest BCUT2D eigenvalue weighted by atomic mass is 32.2. The largest absolute Gasteiger partial charge is 0.492 e. The molecule has 7 heteroatoms. The van der Waals surface area contributed by atoms with Crippen LogP contribution in [0.5, 0.6) is 5.75 Å². The van der Waals surface area contributed by atoms with Crippen molar-refractivity contribution in [1.82, 2.24) is 4.72 Å². The first-order valence-electron chi connectivity index (χ1n) is 7.43. The van der Waals surface area contributed by atoms with Crippen molar-refractivity contribution in [3.63, 3.8) is 0 Å². The molecule has 24 heavy (non-hydrogen) atoms. The molecule has 0 saturated heterocycles. The lowest BCUT2D eigenvalue weighted by Gasteiger charge is -2.17. The van der Waals surface area contributed by atoms with Crippen molar-refractivity contribution in [3.8, 4) is 5.75 Å². The average Bonchev–Trinajstić information content (AvgIpc) is 2.56. The lowest BCUT2D eigenvalue weighted by molar-refractivity contribution is 0.107. The summed E-state index contributed by atoms with van der Waals surface area (Å²) in [5.41, 5.74) is 0.570. The summed E-state index contributed by atoms with van der Waals surface area (Å²) in [6.07, 6.45) is -0.564. The Morgan fingerprint density at radius 1 is 1.12 bits per heavy atom. The van der Waals surface area contributed by atoms with Crippen LogP contribution in [0.1, 0.15) is 11.7 Å². The number of nitrogens with one attached hydrogen (secondary N) is 1. The molecular formula is C17H20FNO4S. The summed E-state index contributed by atoms with van der Waals surface area (Å²) in [4.78, 5) is 0. The van der Waals surface area contributed by atoms with E-state index < -0.39 is 21.9 Å². The molecule has 0 saturated carbocycles. The Balaban J connectivity index is 1.84. The molecule has 0 aromatic heterocycles. The number of methoxy groups -OCH3 is 1. The maximum atomic E-state index is 13.3. The van der Waals surface area contributed by atoms with Crippen molar-refractivity contribution in [3.05, 3.63) is 66.0 Å². The number of benzene rings is 2. The van der Waals surface area contributed by atoms with Crippen LogP contribution in [0, 0.1) is 5.82 Å². The fourth-order valence-corrected chi connectivity index (χ4v) is 2.96. The Kier molecular flexibility index (Phi) is 6.72. The highest BCUT2D eigenvalue weighted by Crippen LogP contribution is 2.17. The molecule has 0 aliphatic heterocycles. The van der Waals surface area contributed by atoms with Gasteiger partial charge in [0.2, 0.25) is 10.0 Å². The molecule has 2 rings (SSSR count). The van der Waals surface area contributed by atoms with E-state index in [1.807, 2.05) is 18.2 Å². The second kappa shape index (κ2) is 8.77. The Bertz CT molecular complexity index is 737. The molecule has 1 N–H and O–H groups in total. The lowest BCUT2D eigenvalue weighted by atomic mass is 10.1. The van der Waals surface area contributed by atoms with Crippen LogP contribution >= 0.6 is 0 Å². The number of sulfonamides is 1. The maximum absolute atomic E-state index is 13.3. The van der Waals surface area contributed by atoms with Crippen molar-refractivity contribution < 1.29 is 22.3 Å². The van der Waals surface area contributed by atoms with E-state index in [1.165, 1.54) is 19.2 Å². The minimum atomic E-state index is -3.52. The van der Waals surface area contributed by atoms with Crippen molar-refractivity contribution in [2.24, 2.45) is 0 Å². The third kappa shape index (κ3) is 5.92. The predicted molar refractivity (Wildman–Crippen MR) is 89.9 cm³/mol. The van der Waals surface area contributed by atoms with Gasteiger partial charge in [0.1, 0.15) is 18.2 Å². The van der Waals surface area contributed by atoms with Crippen LogP contribution in [0.25, 0.3) is 0 Å². The van der Waals surface area contributed by atoms with Crippen LogP contribution in [0.15, 0.2) is 54.6 Å². The first kappa shape index (κ1) is 18.4. The molecule has 0 aliphatic carbocycles. The summed E-state index contributed by atoms with van der Waals surface area (Å²) < 4.78 is 50.4. The maximum Gasteiger partial charge on any atom is 0.215 e. The van der Waals surface area contributed by atoms with Crippen LogP contribution in [-0.2, 0) is 14.8 Å². The van der Waals surface area contributed by atoms with Gasteiger partial charge in [0, 0.05) is 13.7 Å². The highest BCUT2D eigenvalue weighted by Gasteiger charge is 2.16. The van der Waals surface area contributed by atoms with E-state index in [2.05, 4.69) is 4.72 Å². The van der Waals surface area contributed by atoms with Crippen molar-refractivity contribution in [2.75, 3.05) is 26.0 Å². The molecule has 0 fully saturated rings. The topological polar surface area (TPSA) is 64.6 Å². The number of hydrogen-bond donors (Lipinski definition) is 1. The molecule has 0 aliphatic rings. The Hall–Kier alpha value is -1.96. The quantitative estimate of drug-likeness (QED) is 0.752. The van der Waals surface area contributed by atoms with E-state index in [0.717, 1.165) is 0 Å². The third-order valence-corrected chi connectivity index (χ3v) is 4.67. The van der Waals surface area contributed by atoms with Crippen LogP contribution in [-0.4, -0.2) is 34.4 Å². The monoisotopic (exact) mass is 353 g/mol. The summed E-state index contributed by atoms with van der Waals surface area (Å²) >= 11 is 0. The van der Waals surface area contributed by atoms with Crippen LogP contribution < -0.4 is 9.46 Å². The fraction of sp³-hybridized carbons (Fsp3) is 0.294. The number of para-hydroxylation sites is 1. The first-order chi connectivity index (χ1) is 11.5. The molecule has 0 spiro atoms. The molecule has 2 aromatic carbocycles. The van der Waals surface area contributed by atoms with Gasteiger partial charge >= 0.3 is 0 Å².